The number of unbranched alkanes of at least 4 members (excludes halogenated alkanes) is 2. The van der Waals surface area contributed by atoms with Gasteiger partial charge in [-0.2, -0.15) is 0 Å². The van der Waals surface area contributed by atoms with Gasteiger partial charge in [0.1, 0.15) is 30.2 Å². The van der Waals surface area contributed by atoms with E-state index in [1.807, 2.05) is 0 Å². The van der Waals surface area contributed by atoms with E-state index in [4.69, 9.17) is 28.7 Å². The van der Waals surface area contributed by atoms with Crippen LogP contribution in [0.25, 0.3) is 0 Å². The van der Waals surface area contributed by atoms with E-state index in [9.17, 15) is 38.7 Å². The maximum absolute atomic E-state index is 13.0. The molecule has 0 aliphatic heterocycles. The average Bonchev–Trinajstić information content (AvgIpc) is 3.06. The molecule has 20 heteroatoms. The predicted octanol–water partition coefficient (Wildman–Crippen LogP) is -4.05. The summed E-state index contributed by atoms with van der Waals surface area (Å²) in [5.41, 5.74) is 27.5. The number of rotatable bonds is 26. The minimum Gasteiger partial charge on any atom is -0.480 e. The summed E-state index contributed by atoms with van der Waals surface area (Å²) in [6.45, 7) is 6.64. The molecule has 0 aromatic heterocycles. The molecular formula is C31H60N12O8. The molecular weight excluding hydrogens is 668 g/mol. The molecule has 0 aliphatic carbocycles. The van der Waals surface area contributed by atoms with Crippen LogP contribution in [0.4, 0.5) is 0 Å². The smallest absolute Gasteiger partial charge is 0.326 e. The summed E-state index contributed by atoms with van der Waals surface area (Å²) in [5, 5.41) is 24.5. The molecule has 51 heavy (non-hydrogen) atoms. The van der Waals surface area contributed by atoms with Gasteiger partial charge in [-0.25, -0.2) is 4.79 Å². The van der Waals surface area contributed by atoms with Crippen LogP contribution in [0.3, 0.4) is 0 Å². The van der Waals surface area contributed by atoms with Gasteiger partial charge in [0.25, 0.3) is 0 Å². The molecule has 17 N–H and O–H groups in total. The van der Waals surface area contributed by atoms with Gasteiger partial charge in [-0.15, -0.1) is 0 Å². The highest BCUT2D eigenvalue weighted by molar-refractivity contribution is 5.96. The van der Waals surface area contributed by atoms with Crippen molar-refractivity contribution in [3.05, 3.63) is 0 Å². The molecule has 0 bridgehead atoms. The first-order valence-corrected chi connectivity index (χ1v) is 17.2. The Labute approximate surface area is 299 Å². The number of carboxylic acids is 1. The Kier molecular flexibility index (Phi) is 23.1. The predicted molar refractivity (Wildman–Crippen MR) is 190 cm³/mol. The molecule has 20 nitrogen and oxygen atoms in total. The number of aliphatic carboxylic acids is 1. The van der Waals surface area contributed by atoms with E-state index in [0.717, 1.165) is 0 Å². The van der Waals surface area contributed by atoms with E-state index in [-0.39, 0.29) is 37.7 Å². The zero-order chi connectivity index (χ0) is 39.1. The van der Waals surface area contributed by atoms with Crippen LogP contribution in [0.15, 0.2) is 4.99 Å². The maximum Gasteiger partial charge on any atom is 0.326 e. The number of carbonyl (C=O) groups excluding carboxylic acids is 6. The van der Waals surface area contributed by atoms with Crippen molar-refractivity contribution >= 4 is 47.4 Å². The van der Waals surface area contributed by atoms with Crippen LogP contribution >= 0.6 is 0 Å². The molecule has 292 valence electrons. The molecule has 0 aromatic carbocycles. The van der Waals surface area contributed by atoms with Gasteiger partial charge in [-0.05, 0) is 77.8 Å². The summed E-state index contributed by atoms with van der Waals surface area (Å²) in [6, 6.07) is -6.46. The highest BCUT2D eigenvalue weighted by Crippen LogP contribution is 2.06. The first-order chi connectivity index (χ1) is 23.9. The SMILES string of the molecule is CC(C)[C@H](NC(=O)[C@@H](N)CCCCN)C(=O)NCC(=O)N[C@@H](C)C(=O)N[C@@H](C)C(=O)N[C@@H](CCCCN)C(=O)N[C@@H](CCCN=C(N)N)C(=O)O. The largest absolute Gasteiger partial charge is 0.480 e. The first-order valence-electron chi connectivity index (χ1n) is 17.2. The van der Waals surface area contributed by atoms with Crippen LogP contribution in [0, 0.1) is 5.92 Å². The molecule has 0 radical (unpaired) electrons. The number of aliphatic imine (C=N–C) groups is 1. The Balaban J connectivity index is 5.15. The van der Waals surface area contributed by atoms with Gasteiger partial charge in [-0.1, -0.05) is 20.3 Å². The number of carboxylic acid groups (broad SMARTS) is 1. The summed E-state index contributed by atoms with van der Waals surface area (Å²) >= 11 is 0. The zero-order valence-electron chi connectivity index (χ0n) is 30.2. The third kappa shape index (κ3) is 20.0. The summed E-state index contributed by atoms with van der Waals surface area (Å²) in [6.07, 6.45) is 3.21. The lowest BCUT2D eigenvalue weighted by atomic mass is 10.0. The van der Waals surface area contributed by atoms with Crippen molar-refractivity contribution in [1.29, 1.82) is 0 Å². The second-order valence-corrected chi connectivity index (χ2v) is 12.6. The number of hydrogen-bond acceptors (Lipinski definition) is 11. The van der Waals surface area contributed by atoms with E-state index in [2.05, 4.69) is 36.9 Å². The van der Waals surface area contributed by atoms with Crippen LogP contribution in [-0.2, 0) is 33.6 Å². The summed E-state index contributed by atoms with van der Waals surface area (Å²) in [7, 11) is 0. The molecule has 6 amide bonds. The maximum atomic E-state index is 13.0. The van der Waals surface area contributed by atoms with Gasteiger partial charge < -0.3 is 65.7 Å². The number of nitrogens with two attached hydrogens (primary N) is 5. The minimum absolute atomic E-state index is 0.0284. The number of amides is 6. The molecule has 0 aliphatic rings. The Morgan fingerprint density at radius 1 is 0.627 bits per heavy atom. The topological polar surface area (TPSA) is 354 Å². The van der Waals surface area contributed by atoms with Crippen LogP contribution in [0.5, 0.6) is 0 Å². The number of nitrogens with one attached hydrogen (secondary N) is 6. The second kappa shape index (κ2) is 25.4. The van der Waals surface area contributed by atoms with Crippen LogP contribution in [-0.4, -0.2) is 115 Å². The third-order valence-electron chi connectivity index (χ3n) is 7.64. The molecule has 0 saturated heterocycles. The highest BCUT2D eigenvalue weighted by Gasteiger charge is 2.30. The minimum atomic E-state index is -1.28. The first kappa shape index (κ1) is 46.4. The Morgan fingerprint density at radius 3 is 1.71 bits per heavy atom. The second-order valence-electron chi connectivity index (χ2n) is 12.6. The Hall–Kier alpha value is -4.56. The van der Waals surface area contributed by atoms with Gasteiger partial charge in [0.2, 0.25) is 35.4 Å². The van der Waals surface area contributed by atoms with Crippen LogP contribution < -0.4 is 60.6 Å². The van der Waals surface area contributed by atoms with Crippen LogP contribution in [0.1, 0.15) is 79.1 Å². The van der Waals surface area contributed by atoms with Crippen molar-refractivity contribution in [3.63, 3.8) is 0 Å². The number of carbonyl (C=O) groups is 7. The van der Waals surface area contributed by atoms with E-state index < -0.39 is 84.2 Å². The fourth-order valence-corrected chi connectivity index (χ4v) is 4.57. The van der Waals surface area contributed by atoms with Gasteiger partial charge in [0.15, 0.2) is 5.96 Å². The quantitative estimate of drug-likeness (QED) is 0.0229. The lowest BCUT2D eigenvalue weighted by molar-refractivity contribution is -0.142. The molecule has 0 fully saturated rings. The van der Waals surface area contributed by atoms with Crippen molar-refractivity contribution in [2.45, 2.75) is 115 Å². The van der Waals surface area contributed by atoms with E-state index >= 15 is 0 Å². The lowest BCUT2D eigenvalue weighted by Crippen LogP contribution is -2.57. The monoisotopic (exact) mass is 728 g/mol. The van der Waals surface area contributed by atoms with Crippen molar-refractivity contribution in [1.82, 2.24) is 31.9 Å². The standard InChI is InChI=1S/C31H60N12O8/c1-17(2)24(43-27(47)20(34)10-5-7-13-32)29(49)38-16-23(44)39-18(3)25(45)40-19(4)26(46)41-21(11-6-8-14-33)28(48)42-22(30(50)51)12-9-15-37-31(35)36/h17-22,24H,5-16,32-34H2,1-4H3,(H,38,49)(H,39,44)(H,40,45)(H,41,46)(H,42,48)(H,43,47)(H,50,51)(H4,35,36,37)/t18-,19-,20-,21-,22-,24-/m0/s1. The molecule has 0 unspecified atom stereocenters. The highest BCUT2D eigenvalue weighted by atomic mass is 16.4. The van der Waals surface area contributed by atoms with Gasteiger partial charge in [0, 0.05) is 6.54 Å². The fraction of sp³-hybridized carbons (Fsp3) is 0.742. The van der Waals surface area contributed by atoms with Crippen molar-refractivity contribution in [3.8, 4) is 0 Å². The Morgan fingerprint density at radius 2 is 1.16 bits per heavy atom. The third-order valence-corrected chi connectivity index (χ3v) is 7.64. The molecule has 0 saturated carbocycles. The van der Waals surface area contributed by atoms with Crippen LogP contribution in [0.2, 0.25) is 0 Å². The van der Waals surface area contributed by atoms with Gasteiger partial charge >= 0.3 is 5.97 Å². The van der Waals surface area contributed by atoms with Crippen molar-refractivity contribution in [2.24, 2.45) is 39.6 Å². The number of nitrogens with zero attached hydrogens (tertiary/aromatic N) is 1. The molecule has 0 heterocycles. The molecule has 6 atom stereocenters. The fourth-order valence-electron chi connectivity index (χ4n) is 4.57. The number of guanidine groups is 1. The molecule has 0 aromatic rings. The Bertz CT molecular complexity index is 1180. The summed E-state index contributed by atoms with van der Waals surface area (Å²) in [5.74, 6) is -5.78. The van der Waals surface area contributed by atoms with E-state index in [0.29, 0.717) is 45.2 Å². The summed E-state index contributed by atoms with van der Waals surface area (Å²) < 4.78 is 0. The van der Waals surface area contributed by atoms with Gasteiger partial charge in [-0.3, -0.25) is 33.8 Å². The summed E-state index contributed by atoms with van der Waals surface area (Å²) in [4.78, 5) is 92.1. The molecule has 0 rings (SSSR count). The van der Waals surface area contributed by atoms with E-state index in [1.54, 1.807) is 13.8 Å². The van der Waals surface area contributed by atoms with E-state index in [1.165, 1.54) is 13.8 Å². The van der Waals surface area contributed by atoms with Crippen molar-refractivity contribution in [2.75, 3.05) is 26.2 Å². The number of hydrogen-bond donors (Lipinski definition) is 12. The lowest BCUT2D eigenvalue weighted by Gasteiger charge is -2.24. The zero-order valence-corrected chi connectivity index (χ0v) is 30.2. The normalized spacial score (nSPS) is 14.4. The van der Waals surface area contributed by atoms with Gasteiger partial charge in [0.05, 0.1) is 12.6 Å². The molecule has 0 spiro atoms. The average molecular weight is 729 g/mol. The van der Waals surface area contributed by atoms with Crippen molar-refractivity contribution < 1.29 is 38.7 Å².